The summed E-state index contributed by atoms with van der Waals surface area (Å²) >= 11 is 0. The van der Waals surface area contributed by atoms with Crippen LogP contribution in [0, 0.1) is 0 Å². The summed E-state index contributed by atoms with van der Waals surface area (Å²) < 4.78 is 15.4. The third-order valence-corrected chi connectivity index (χ3v) is 8.40. The van der Waals surface area contributed by atoms with Crippen molar-refractivity contribution in [3.8, 4) is 5.69 Å². The SMILES string of the molecule is c1ccc(-n2ccc(Nc3ccc([C@H]4CNCCO4)cc3)n2)cc1.c1ccc(Cn2ccc(Nc3ccc([C@@H]4CNCCO4)cc3)n2)cc1. The fourth-order valence-corrected chi connectivity index (χ4v) is 5.82. The highest BCUT2D eigenvalue weighted by Gasteiger charge is 2.16. The summed E-state index contributed by atoms with van der Waals surface area (Å²) in [6.07, 6.45) is 4.23. The quantitative estimate of drug-likeness (QED) is 0.138. The van der Waals surface area contributed by atoms with Gasteiger partial charge in [-0.05, 0) is 53.1 Å². The molecule has 4 N–H and O–H groups in total. The van der Waals surface area contributed by atoms with E-state index < -0.39 is 0 Å². The maximum atomic E-state index is 5.78. The molecule has 2 aromatic heterocycles. The van der Waals surface area contributed by atoms with Gasteiger partial charge in [0.25, 0.3) is 0 Å². The van der Waals surface area contributed by atoms with Crippen LogP contribution in [0.1, 0.15) is 28.9 Å². The first kappa shape index (κ1) is 32.3. The molecule has 49 heavy (non-hydrogen) atoms. The predicted octanol–water partition coefficient (Wildman–Crippen LogP) is 6.61. The van der Waals surface area contributed by atoms with Gasteiger partial charge in [-0.3, -0.25) is 4.68 Å². The lowest BCUT2D eigenvalue weighted by molar-refractivity contribution is 0.0276. The van der Waals surface area contributed by atoms with Crippen LogP contribution in [-0.2, 0) is 16.0 Å². The minimum Gasteiger partial charge on any atom is -0.371 e. The number of morpholine rings is 2. The van der Waals surface area contributed by atoms with E-state index in [1.54, 1.807) is 0 Å². The maximum absolute atomic E-state index is 5.78. The van der Waals surface area contributed by atoms with E-state index in [0.717, 1.165) is 74.6 Å². The minimum absolute atomic E-state index is 0.144. The van der Waals surface area contributed by atoms with Gasteiger partial charge in [-0.1, -0.05) is 72.8 Å². The van der Waals surface area contributed by atoms with Crippen molar-refractivity contribution < 1.29 is 9.47 Å². The van der Waals surface area contributed by atoms with Crippen LogP contribution in [0.25, 0.3) is 5.69 Å². The predicted molar refractivity (Wildman–Crippen MR) is 194 cm³/mol. The van der Waals surface area contributed by atoms with Gasteiger partial charge in [0.15, 0.2) is 11.6 Å². The van der Waals surface area contributed by atoms with Crippen LogP contribution in [0.15, 0.2) is 134 Å². The van der Waals surface area contributed by atoms with Crippen molar-refractivity contribution in [3.05, 3.63) is 150 Å². The summed E-state index contributed by atoms with van der Waals surface area (Å²) in [5, 5.41) is 22.5. The van der Waals surface area contributed by atoms with Crippen LogP contribution in [0.5, 0.6) is 0 Å². The number of nitrogens with zero attached hydrogens (tertiary/aromatic N) is 4. The number of rotatable bonds is 9. The minimum atomic E-state index is 0.144. The second-order valence-corrected chi connectivity index (χ2v) is 12.0. The van der Waals surface area contributed by atoms with Crippen LogP contribution in [-0.4, -0.2) is 59.0 Å². The van der Waals surface area contributed by atoms with Crippen molar-refractivity contribution in [2.45, 2.75) is 18.8 Å². The molecule has 2 aliphatic rings. The molecule has 2 saturated heterocycles. The van der Waals surface area contributed by atoms with Crippen molar-refractivity contribution >= 4 is 23.0 Å². The molecule has 0 radical (unpaired) electrons. The van der Waals surface area contributed by atoms with Gasteiger partial charge >= 0.3 is 0 Å². The average molecular weight is 655 g/mol. The number of nitrogens with one attached hydrogen (secondary N) is 4. The molecule has 2 aliphatic heterocycles. The lowest BCUT2D eigenvalue weighted by Crippen LogP contribution is -2.33. The first-order valence-corrected chi connectivity index (χ1v) is 16.8. The smallest absolute Gasteiger partial charge is 0.152 e. The molecule has 4 aromatic carbocycles. The summed E-state index contributed by atoms with van der Waals surface area (Å²) in [5.41, 5.74) is 6.72. The molecule has 10 heteroatoms. The van der Waals surface area contributed by atoms with Gasteiger partial charge in [0.2, 0.25) is 0 Å². The normalized spacial score (nSPS) is 17.5. The Balaban J connectivity index is 0.000000154. The van der Waals surface area contributed by atoms with Gasteiger partial charge in [-0.15, -0.1) is 0 Å². The van der Waals surface area contributed by atoms with E-state index in [9.17, 15) is 0 Å². The van der Waals surface area contributed by atoms with Gasteiger partial charge < -0.3 is 30.7 Å². The molecule has 0 spiro atoms. The van der Waals surface area contributed by atoms with E-state index in [0.29, 0.717) is 0 Å². The molecule has 8 rings (SSSR count). The van der Waals surface area contributed by atoms with E-state index in [1.807, 2.05) is 82.4 Å². The Morgan fingerprint density at radius 1 is 0.592 bits per heavy atom. The van der Waals surface area contributed by atoms with Crippen LogP contribution >= 0.6 is 0 Å². The van der Waals surface area contributed by atoms with Gasteiger partial charge in [0, 0.05) is 62.1 Å². The van der Waals surface area contributed by atoms with Crippen LogP contribution in [0.3, 0.4) is 0 Å². The highest BCUT2D eigenvalue weighted by Crippen LogP contribution is 2.24. The van der Waals surface area contributed by atoms with Gasteiger partial charge in [0.05, 0.1) is 37.7 Å². The zero-order valence-corrected chi connectivity index (χ0v) is 27.4. The van der Waals surface area contributed by atoms with Crippen molar-refractivity contribution in [1.29, 1.82) is 0 Å². The van der Waals surface area contributed by atoms with Crippen LogP contribution in [0.4, 0.5) is 23.0 Å². The summed E-state index contributed by atoms with van der Waals surface area (Å²) in [4.78, 5) is 0. The zero-order valence-electron chi connectivity index (χ0n) is 27.4. The van der Waals surface area contributed by atoms with Crippen molar-refractivity contribution in [1.82, 2.24) is 30.2 Å². The fraction of sp³-hybridized carbons (Fsp3) is 0.231. The number of anilines is 4. The third kappa shape index (κ3) is 9.01. The Morgan fingerprint density at radius 2 is 1.12 bits per heavy atom. The number of hydrogen-bond donors (Lipinski definition) is 4. The largest absolute Gasteiger partial charge is 0.371 e. The lowest BCUT2D eigenvalue weighted by atomic mass is 10.1. The molecule has 2 atom stereocenters. The molecule has 2 fully saturated rings. The van der Waals surface area contributed by atoms with Crippen molar-refractivity contribution in [2.75, 3.05) is 50.0 Å². The molecular formula is C39H42N8O2. The third-order valence-electron chi connectivity index (χ3n) is 8.40. The van der Waals surface area contributed by atoms with E-state index in [4.69, 9.17) is 9.47 Å². The fourth-order valence-electron chi connectivity index (χ4n) is 5.82. The van der Waals surface area contributed by atoms with E-state index in [-0.39, 0.29) is 12.2 Å². The number of ether oxygens (including phenoxy) is 2. The number of para-hydroxylation sites is 1. The monoisotopic (exact) mass is 654 g/mol. The first-order valence-electron chi connectivity index (χ1n) is 16.8. The van der Waals surface area contributed by atoms with E-state index in [2.05, 4.69) is 92.1 Å². The highest BCUT2D eigenvalue weighted by molar-refractivity contribution is 5.57. The molecule has 4 heterocycles. The van der Waals surface area contributed by atoms with Gasteiger partial charge in [0.1, 0.15) is 0 Å². The van der Waals surface area contributed by atoms with E-state index in [1.165, 1.54) is 16.7 Å². The number of benzene rings is 4. The Bertz CT molecular complexity index is 1850. The summed E-state index contributed by atoms with van der Waals surface area (Å²) in [5.74, 6) is 1.67. The maximum Gasteiger partial charge on any atom is 0.152 e. The molecule has 0 bridgehead atoms. The van der Waals surface area contributed by atoms with Crippen LogP contribution < -0.4 is 21.3 Å². The van der Waals surface area contributed by atoms with Gasteiger partial charge in [-0.25, -0.2) is 4.68 Å². The van der Waals surface area contributed by atoms with Crippen LogP contribution in [0.2, 0.25) is 0 Å². The van der Waals surface area contributed by atoms with Gasteiger partial charge in [-0.2, -0.15) is 10.2 Å². The second kappa shape index (κ2) is 16.2. The Labute approximate surface area is 287 Å². The molecule has 0 amide bonds. The van der Waals surface area contributed by atoms with Crippen molar-refractivity contribution in [2.24, 2.45) is 0 Å². The molecule has 250 valence electrons. The molecule has 0 aliphatic carbocycles. The van der Waals surface area contributed by atoms with Crippen molar-refractivity contribution in [3.63, 3.8) is 0 Å². The topological polar surface area (TPSA) is 102 Å². The Hall–Kier alpha value is -5.26. The summed E-state index contributed by atoms with van der Waals surface area (Å²) in [7, 11) is 0. The summed E-state index contributed by atoms with van der Waals surface area (Å²) in [6.45, 7) is 5.91. The second-order valence-electron chi connectivity index (χ2n) is 12.0. The number of aromatic nitrogens is 4. The average Bonchev–Trinajstić information content (AvgIpc) is 3.83. The zero-order chi connectivity index (χ0) is 33.1. The standard InChI is InChI=1S/C20H22N4O.C19H20N4O/c1-2-4-16(5-3-1)15-24-12-10-20(23-24)22-18-8-6-17(7-9-18)19-14-21-11-13-25-19;1-2-4-17(5-3-1)23-12-10-19(22-23)21-16-8-6-15(7-9-16)18-14-20-11-13-24-18/h1-10,12,19,21H,11,13-15H2,(H,22,23);1-10,12,18,20H,11,13-14H2,(H,21,22)/t19-;18-/m01/s1. The van der Waals surface area contributed by atoms with E-state index >= 15 is 0 Å². The molecule has 10 nitrogen and oxygen atoms in total. The lowest BCUT2D eigenvalue weighted by Gasteiger charge is -2.24. The molecular weight excluding hydrogens is 612 g/mol. The Morgan fingerprint density at radius 3 is 1.67 bits per heavy atom. The Kier molecular flexibility index (Phi) is 10.7. The summed E-state index contributed by atoms with van der Waals surface area (Å²) in [6, 6.07) is 41.1. The number of hydrogen-bond acceptors (Lipinski definition) is 8. The first-order chi connectivity index (χ1) is 24.2. The highest BCUT2D eigenvalue weighted by atomic mass is 16.5. The molecule has 0 unspecified atom stereocenters. The molecule has 0 saturated carbocycles. The molecule has 6 aromatic rings.